The van der Waals surface area contributed by atoms with Crippen molar-refractivity contribution in [2.45, 2.75) is 18.7 Å². The SMILES string of the molecule is COc1ccc(Br)cc1S(=O)(=O)NCCOc1cccc(C)c1C. The van der Waals surface area contributed by atoms with Gasteiger partial charge in [-0.2, -0.15) is 0 Å². The van der Waals surface area contributed by atoms with Crippen molar-refractivity contribution in [1.82, 2.24) is 4.72 Å². The minimum absolute atomic E-state index is 0.0890. The van der Waals surface area contributed by atoms with Crippen molar-refractivity contribution in [3.63, 3.8) is 0 Å². The van der Waals surface area contributed by atoms with Crippen LogP contribution >= 0.6 is 15.9 Å². The number of ether oxygens (including phenoxy) is 2. The fourth-order valence-corrected chi connectivity index (χ4v) is 3.87. The van der Waals surface area contributed by atoms with Crippen LogP contribution in [0.2, 0.25) is 0 Å². The Kier molecular flexibility index (Phi) is 6.26. The lowest BCUT2D eigenvalue weighted by molar-refractivity contribution is 0.320. The van der Waals surface area contributed by atoms with Crippen LogP contribution in [0.4, 0.5) is 0 Å². The fraction of sp³-hybridized carbons (Fsp3) is 0.294. The molecule has 2 aromatic carbocycles. The molecule has 0 aliphatic heterocycles. The molecule has 1 N–H and O–H groups in total. The van der Waals surface area contributed by atoms with Gasteiger partial charge in [0.2, 0.25) is 10.0 Å². The third-order valence-electron chi connectivity index (χ3n) is 3.62. The Morgan fingerprint density at radius 1 is 1.12 bits per heavy atom. The molecule has 0 saturated carbocycles. The zero-order valence-electron chi connectivity index (χ0n) is 13.8. The zero-order valence-corrected chi connectivity index (χ0v) is 16.2. The van der Waals surface area contributed by atoms with Crippen LogP contribution in [-0.2, 0) is 10.0 Å². The monoisotopic (exact) mass is 413 g/mol. The van der Waals surface area contributed by atoms with Gasteiger partial charge in [-0.25, -0.2) is 13.1 Å². The van der Waals surface area contributed by atoms with Crippen LogP contribution in [0.5, 0.6) is 11.5 Å². The van der Waals surface area contributed by atoms with E-state index in [2.05, 4.69) is 20.7 Å². The summed E-state index contributed by atoms with van der Waals surface area (Å²) in [5, 5.41) is 0. The van der Waals surface area contributed by atoms with Gasteiger partial charge < -0.3 is 9.47 Å². The topological polar surface area (TPSA) is 64.6 Å². The Morgan fingerprint density at radius 3 is 2.58 bits per heavy atom. The van der Waals surface area contributed by atoms with E-state index in [4.69, 9.17) is 9.47 Å². The molecule has 0 aromatic heterocycles. The van der Waals surface area contributed by atoms with Gasteiger partial charge in [0.15, 0.2) is 0 Å². The normalized spacial score (nSPS) is 11.3. The second-order valence-electron chi connectivity index (χ2n) is 5.24. The largest absolute Gasteiger partial charge is 0.495 e. The molecule has 0 spiro atoms. The first-order valence-electron chi connectivity index (χ1n) is 7.37. The molecule has 0 aliphatic rings. The molecule has 0 radical (unpaired) electrons. The summed E-state index contributed by atoms with van der Waals surface area (Å²) in [6, 6.07) is 10.6. The van der Waals surface area contributed by atoms with Crippen LogP contribution in [0.3, 0.4) is 0 Å². The quantitative estimate of drug-likeness (QED) is 0.706. The van der Waals surface area contributed by atoms with Crippen LogP contribution in [0, 0.1) is 13.8 Å². The van der Waals surface area contributed by atoms with Crippen LogP contribution < -0.4 is 14.2 Å². The number of aryl methyl sites for hydroxylation is 1. The third kappa shape index (κ3) is 4.49. The van der Waals surface area contributed by atoms with Crippen LogP contribution in [0.25, 0.3) is 0 Å². The van der Waals surface area contributed by atoms with Crippen molar-refractivity contribution < 1.29 is 17.9 Å². The van der Waals surface area contributed by atoms with Gasteiger partial charge >= 0.3 is 0 Å². The summed E-state index contributed by atoms with van der Waals surface area (Å²) in [6.07, 6.45) is 0. The molecule has 0 bridgehead atoms. The molecule has 0 unspecified atom stereocenters. The maximum Gasteiger partial charge on any atom is 0.244 e. The van der Waals surface area contributed by atoms with Crippen molar-refractivity contribution in [3.8, 4) is 11.5 Å². The molecule has 0 saturated heterocycles. The van der Waals surface area contributed by atoms with Crippen molar-refractivity contribution in [3.05, 3.63) is 52.0 Å². The summed E-state index contributed by atoms with van der Waals surface area (Å²) in [5.41, 5.74) is 2.18. The van der Waals surface area contributed by atoms with E-state index in [1.165, 1.54) is 13.2 Å². The minimum Gasteiger partial charge on any atom is -0.495 e. The maximum absolute atomic E-state index is 12.4. The molecule has 130 valence electrons. The van der Waals surface area contributed by atoms with Crippen molar-refractivity contribution in [2.75, 3.05) is 20.3 Å². The van der Waals surface area contributed by atoms with Gasteiger partial charge in [0.05, 0.1) is 7.11 Å². The highest BCUT2D eigenvalue weighted by atomic mass is 79.9. The Labute approximate surface area is 151 Å². The molecule has 0 aliphatic carbocycles. The first-order valence-corrected chi connectivity index (χ1v) is 9.65. The van der Waals surface area contributed by atoms with Crippen LogP contribution in [-0.4, -0.2) is 28.7 Å². The molecule has 0 fully saturated rings. The Bertz CT molecular complexity index is 821. The summed E-state index contributed by atoms with van der Waals surface area (Å²) in [6.45, 7) is 4.37. The van der Waals surface area contributed by atoms with E-state index in [0.29, 0.717) is 10.2 Å². The first-order chi connectivity index (χ1) is 11.3. The molecule has 7 heteroatoms. The highest BCUT2D eigenvalue weighted by molar-refractivity contribution is 9.10. The average molecular weight is 414 g/mol. The van der Waals surface area contributed by atoms with Crippen LogP contribution in [0.1, 0.15) is 11.1 Å². The minimum atomic E-state index is -3.68. The fourth-order valence-electron chi connectivity index (χ4n) is 2.16. The number of hydrogen-bond acceptors (Lipinski definition) is 4. The summed E-state index contributed by atoms with van der Waals surface area (Å²) < 4.78 is 38.8. The number of halogens is 1. The van der Waals surface area contributed by atoms with Crippen molar-refractivity contribution in [1.29, 1.82) is 0 Å². The van der Waals surface area contributed by atoms with Crippen LogP contribution in [0.15, 0.2) is 45.8 Å². The van der Waals surface area contributed by atoms with Gasteiger partial charge in [-0.15, -0.1) is 0 Å². The smallest absolute Gasteiger partial charge is 0.244 e. The number of sulfonamides is 1. The molecule has 5 nitrogen and oxygen atoms in total. The number of benzene rings is 2. The molecule has 0 amide bonds. The van der Waals surface area contributed by atoms with E-state index in [-0.39, 0.29) is 18.0 Å². The first kappa shape index (κ1) is 18.8. The van der Waals surface area contributed by atoms with E-state index in [1.54, 1.807) is 12.1 Å². The van der Waals surface area contributed by atoms with E-state index in [1.807, 2.05) is 32.0 Å². The predicted molar refractivity (Wildman–Crippen MR) is 97.3 cm³/mol. The summed E-state index contributed by atoms with van der Waals surface area (Å²) >= 11 is 3.27. The number of methoxy groups -OCH3 is 1. The molecular formula is C17H20BrNO4S. The highest BCUT2D eigenvalue weighted by Gasteiger charge is 2.19. The van der Waals surface area contributed by atoms with E-state index in [0.717, 1.165) is 16.9 Å². The van der Waals surface area contributed by atoms with E-state index >= 15 is 0 Å². The van der Waals surface area contributed by atoms with Crippen molar-refractivity contribution in [2.24, 2.45) is 0 Å². The van der Waals surface area contributed by atoms with Gasteiger partial charge in [-0.05, 0) is 49.2 Å². The lowest BCUT2D eigenvalue weighted by atomic mass is 10.1. The van der Waals surface area contributed by atoms with Crippen molar-refractivity contribution >= 4 is 26.0 Å². The third-order valence-corrected chi connectivity index (χ3v) is 5.60. The second-order valence-corrected chi connectivity index (χ2v) is 7.89. The maximum atomic E-state index is 12.4. The summed E-state index contributed by atoms with van der Waals surface area (Å²) in [5.74, 6) is 1.05. The lowest BCUT2D eigenvalue weighted by Crippen LogP contribution is -2.28. The van der Waals surface area contributed by atoms with E-state index in [9.17, 15) is 8.42 Å². The Morgan fingerprint density at radius 2 is 1.88 bits per heavy atom. The summed E-state index contributed by atoms with van der Waals surface area (Å²) in [7, 11) is -2.25. The molecule has 0 heterocycles. The van der Waals surface area contributed by atoms with Gasteiger partial charge in [-0.1, -0.05) is 28.1 Å². The lowest BCUT2D eigenvalue weighted by Gasteiger charge is -2.13. The molecule has 2 aromatic rings. The highest BCUT2D eigenvalue weighted by Crippen LogP contribution is 2.27. The standard InChI is InChI=1S/C17H20BrNO4S/c1-12-5-4-6-15(13(12)2)23-10-9-19-24(20,21)17-11-14(18)7-8-16(17)22-3/h4-8,11,19H,9-10H2,1-3H3. The number of rotatable bonds is 7. The summed E-state index contributed by atoms with van der Waals surface area (Å²) in [4.78, 5) is 0.0890. The van der Waals surface area contributed by atoms with E-state index < -0.39 is 10.0 Å². The molecule has 2 rings (SSSR count). The Balaban J connectivity index is 2.01. The Hall–Kier alpha value is -1.57. The van der Waals surface area contributed by atoms with Gasteiger partial charge in [0.25, 0.3) is 0 Å². The zero-order chi connectivity index (χ0) is 17.7. The second kappa shape index (κ2) is 8.00. The molecular weight excluding hydrogens is 394 g/mol. The molecule has 24 heavy (non-hydrogen) atoms. The van der Waals surface area contributed by atoms with Gasteiger partial charge in [0, 0.05) is 11.0 Å². The predicted octanol–water partition coefficient (Wildman–Crippen LogP) is 3.43. The number of nitrogens with one attached hydrogen (secondary N) is 1. The number of hydrogen-bond donors (Lipinski definition) is 1. The van der Waals surface area contributed by atoms with Gasteiger partial charge in [0.1, 0.15) is 23.0 Å². The van der Waals surface area contributed by atoms with Gasteiger partial charge in [-0.3, -0.25) is 0 Å². The average Bonchev–Trinajstić information content (AvgIpc) is 2.55. The molecule has 0 atom stereocenters.